The molecule has 2 unspecified atom stereocenters. The summed E-state index contributed by atoms with van der Waals surface area (Å²) in [5, 5.41) is 0. The molecule has 17 heteroatoms. The highest BCUT2D eigenvalue weighted by Gasteiger charge is 2.47. The van der Waals surface area contributed by atoms with Crippen LogP contribution < -0.4 is 10.5 Å². The lowest BCUT2D eigenvalue weighted by molar-refractivity contribution is 0.170. The smallest absolute Gasteiger partial charge is 0.294 e. The van der Waals surface area contributed by atoms with Gasteiger partial charge < -0.3 is 5.73 Å². The van der Waals surface area contributed by atoms with Gasteiger partial charge in [-0.3, -0.25) is 4.55 Å². The summed E-state index contributed by atoms with van der Waals surface area (Å²) in [5.41, 5.74) is 7.22. The number of benzene rings is 2. The molecule has 3 atom stereocenters. The molecule has 4 rings (SSSR count). The Morgan fingerprint density at radius 2 is 1.49 bits per heavy atom. The number of rotatable bonds is 10. The van der Waals surface area contributed by atoms with Gasteiger partial charge in [0.05, 0.1) is 10.6 Å². The number of nitrogens with two attached hydrogens (primary N) is 1. The average Bonchev–Trinajstić information content (AvgIpc) is 3.18. The molecule has 2 bridgehead atoms. The van der Waals surface area contributed by atoms with E-state index in [2.05, 4.69) is 4.72 Å². The Bertz CT molecular complexity index is 1590. The first-order valence-electron chi connectivity index (χ1n) is 13.4. The first-order valence-corrected chi connectivity index (χ1v) is 17.9. The van der Waals surface area contributed by atoms with E-state index < -0.39 is 53.8 Å². The van der Waals surface area contributed by atoms with Gasteiger partial charge in [0.2, 0.25) is 10.0 Å². The monoisotopic (exact) mass is 670 g/mol. The van der Waals surface area contributed by atoms with Gasteiger partial charge >= 0.3 is 0 Å². The standard InChI is InChI=1S/C19H29F3N4O4S2.C7H8O3S/c1-25(2)32(29,30)24-5-6-31(27,28)26-14-3-4-15(26)8-13(7-14)19(23)10-12-9-17(21)18(22)11-16(12)20;1-6-2-4-7(5-3-6)11(8,9)10/h9,11,13-15,19,24H,3-8,10,23H2,1-2H3;2-5H,1H3,(H,8,9,10)/t13?,14?,15?,19-;/m1./s1. The molecule has 0 radical (unpaired) electrons. The van der Waals surface area contributed by atoms with E-state index in [-0.39, 0.29) is 47.2 Å². The first-order chi connectivity index (χ1) is 19.8. The molecule has 2 aliphatic rings. The molecule has 0 aromatic heterocycles. The number of sulfonamides is 1. The van der Waals surface area contributed by atoms with Gasteiger partial charge in [0.25, 0.3) is 20.3 Å². The van der Waals surface area contributed by atoms with Crippen molar-refractivity contribution < 1.29 is 43.0 Å². The molecule has 2 aromatic rings. The minimum atomic E-state index is -4.02. The zero-order chi connectivity index (χ0) is 32.3. The van der Waals surface area contributed by atoms with E-state index in [1.165, 1.54) is 30.5 Å². The highest BCUT2D eigenvalue weighted by molar-refractivity contribution is 7.89. The topological polar surface area (TPSA) is 167 Å². The maximum absolute atomic E-state index is 14.0. The Balaban J connectivity index is 0.000000386. The second-order valence-corrected chi connectivity index (χ2v) is 16.3. The van der Waals surface area contributed by atoms with Crippen LogP contribution in [0.2, 0.25) is 0 Å². The Morgan fingerprint density at radius 1 is 0.953 bits per heavy atom. The van der Waals surface area contributed by atoms with Crippen LogP contribution in [0.5, 0.6) is 0 Å². The second-order valence-electron chi connectivity index (χ2n) is 11.0. The summed E-state index contributed by atoms with van der Waals surface area (Å²) in [4.78, 5) is -0.0666. The number of piperidine rings is 1. The van der Waals surface area contributed by atoms with Gasteiger partial charge in [-0.15, -0.1) is 0 Å². The predicted molar refractivity (Wildman–Crippen MR) is 155 cm³/mol. The van der Waals surface area contributed by atoms with Crippen LogP contribution >= 0.6 is 0 Å². The van der Waals surface area contributed by atoms with Crippen LogP contribution in [0.15, 0.2) is 41.3 Å². The van der Waals surface area contributed by atoms with Gasteiger partial charge in [-0.1, -0.05) is 17.7 Å². The molecule has 0 aliphatic carbocycles. The molecule has 242 valence electrons. The van der Waals surface area contributed by atoms with E-state index in [1.54, 1.807) is 12.1 Å². The normalized spacial score (nSPS) is 21.8. The van der Waals surface area contributed by atoms with Crippen molar-refractivity contribution in [1.82, 2.24) is 13.3 Å². The summed E-state index contributed by atoms with van der Waals surface area (Å²) in [7, 11) is -8.75. The van der Waals surface area contributed by atoms with Crippen molar-refractivity contribution in [2.45, 2.75) is 62.0 Å². The lowest BCUT2D eigenvalue weighted by atomic mass is 9.83. The summed E-state index contributed by atoms with van der Waals surface area (Å²) in [6.45, 7) is 1.60. The maximum atomic E-state index is 14.0. The van der Waals surface area contributed by atoms with Crippen LogP contribution in [-0.2, 0) is 36.8 Å². The third-order valence-electron chi connectivity index (χ3n) is 7.62. The molecular formula is C26H37F3N4O7S3. The lowest BCUT2D eigenvalue weighted by Gasteiger charge is -2.40. The van der Waals surface area contributed by atoms with Crippen molar-refractivity contribution in [2.24, 2.45) is 11.7 Å². The molecule has 11 nitrogen and oxygen atoms in total. The number of hydrogen-bond acceptors (Lipinski definition) is 7. The van der Waals surface area contributed by atoms with E-state index >= 15 is 0 Å². The van der Waals surface area contributed by atoms with Crippen LogP contribution in [0.25, 0.3) is 0 Å². The largest absolute Gasteiger partial charge is 0.327 e. The number of hydrogen-bond donors (Lipinski definition) is 3. The van der Waals surface area contributed by atoms with Gasteiger partial charge in [-0.05, 0) is 68.7 Å². The van der Waals surface area contributed by atoms with Crippen molar-refractivity contribution in [1.29, 1.82) is 0 Å². The molecule has 0 amide bonds. The Morgan fingerprint density at radius 3 is 2.00 bits per heavy atom. The van der Waals surface area contributed by atoms with Crippen LogP contribution in [-0.4, -0.2) is 82.9 Å². The molecule has 0 saturated carbocycles. The number of aryl methyl sites for hydroxylation is 1. The number of nitrogens with one attached hydrogen (secondary N) is 1. The number of nitrogens with zero attached hydrogens (tertiary/aromatic N) is 2. The fraction of sp³-hybridized carbons (Fsp3) is 0.538. The van der Waals surface area contributed by atoms with Crippen molar-refractivity contribution in [3.8, 4) is 0 Å². The van der Waals surface area contributed by atoms with Crippen molar-refractivity contribution in [2.75, 3.05) is 26.4 Å². The van der Waals surface area contributed by atoms with Crippen LogP contribution in [0.3, 0.4) is 0 Å². The maximum Gasteiger partial charge on any atom is 0.294 e. The molecule has 2 saturated heterocycles. The fourth-order valence-corrected chi connectivity index (χ4v) is 8.45. The zero-order valence-corrected chi connectivity index (χ0v) is 26.4. The summed E-state index contributed by atoms with van der Waals surface area (Å²) in [5.74, 6) is -3.71. The highest BCUT2D eigenvalue weighted by atomic mass is 32.2. The lowest BCUT2D eigenvalue weighted by Crippen LogP contribution is -2.51. The third kappa shape index (κ3) is 9.20. The Kier molecular flexibility index (Phi) is 11.4. The average molecular weight is 671 g/mol. The van der Waals surface area contributed by atoms with Gasteiger partial charge in [-0.25, -0.2) is 26.3 Å². The molecule has 2 aromatic carbocycles. The predicted octanol–water partition coefficient (Wildman–Crippen LogP) is 2.18. The van der Waals surface area contributed by atoms with Crippen LogP contribution in [0.1, 0.15) is 36.8 Å². The van der Waals surface area contributed by atoms with E-state index in [4.69, 9.17) is 10.3 Å². The van der Waals surface area contributed by atoms with Crippen molar-refractivity contribution >= 4 is 30.4 Å². The minimum Gasteiger partial charge on any atom is -0.327 e. The summed E-state index contributed by atoms with van der Waals surface area (Å²) < 4.78 is 124. The molecule has 0 spiro atoms. The number of halogens is 3. The molecule has 2 fully saturated rings. The van der Waals surface area contributed by atoms with Crippen molar-refractivity contribution in [3.63, 3.8) is 0 Å². The van der Waals surface area contributed by atoms with Crippen LogP contribution in [0.4, 0.5) is 13.2 Å². The van der Waals surface area contributed by atoms with E-state index in [0.717, 1.165) is 15.9 Å². The molecule has 4 N–H and O–H groups in total. The summed E-state index contributed by atoms with van der Waals surface area (Å²) >= 11 is 0. The second kappa shape index (κ2) is 13.9. The van der Waals surface area contributed by atoms with Crippen LogP contribution in [0, 0.1) is 30.3 Å². The van der Waals surface area contributed by atoms with Gasteiger partial charge in [-0.2, -0.15) is 25.4 Å². The SMILES string of the molecule is CN(C)S(=O)(=O)NCCS(=O)(=O)N1C2CCC1CC([C@H](N)Cc1cc(F)c(F)cc1F)C2.Cc1ccc(S(=O)(=O)O)cc1. The quantitative estimate of drug-likeness (QED) is 0.256. The number of fused-ring (bicyclic) bond motifs is 2. The first kappa shape index (κ1) is 35.4. The van der Waals surface area contributed by atoms with E-state index in [9.17, 15) is 38.4 Å². The highest BCUT2D eigenvalue weighted by Crippen LogP contribution is 2.42. The van der Waals surface area contributed by atoms with Gasteiger partial charge in [0.15, 0.2) is 11.6 Å². The van der Waals surface area contributed by atoms with E-state index in [0.29, 0.717) is 31.7 Å². The summed E-state index contributed by atoms with van der Waals surface area (Å²) in [6, 6.07) is 6.23. The molecule has 2 heterocycles. The minimum absolute atomic E-state index is 0.00743. The van der Waals surface area contributed by atoms with Crippen molar-refractivity contribution in [3.05, 3.63) is 65.0 Å². The van der Waals surface area contributed by atoms with Gasteiger partial charge in [0, 0.05) is 44.8 Å². The Hall–Kier alpha value is -2.12. The molecular weight excluding hydrogens is 634 g/mol. The summed E-state index contributed by atoms with van der Waals surface area (Å²) in [6.07, 6.45) is 2.30. The van der Waals surface area contributed by atoms with Gasteiger partial charge in [0.1, 0.15) is 5.82 Å². The Labute approximate surface area is 251 Å². The van der Waals surface area contributed by atoms with E-state index in [1.807, 2.05) is 6.92 Å². The molecule has 2 aliphatic heterocycles. The fourth-order valence-electron chi connectivity index (χ4n) is 5.37. The zero-order valence-electron chi connectivity index (χ0n) is 24.0. The third-order valence-corrected chi connectivity index (χ3v) is 12.0. The molecule has 43 heavy (non-hydrogen) atoms.